The Morgan fingerprint density at radius 2 is 2.12 bits per heavy atom. The molecular weight excluding hydrogens is 210 g/mol. The maximum absolute atomic E-state index is 4.42. The number of rotatable bonds is 3. The van der Waals surface area contributed by atoms with E-state index >= 15 is 0 Å². The molecule has 1 aromatic rings. The van der Waals surface area contributed by atoms with Gasteiger partial charge in [-0.05, 0) is 44.1 Å². The number of aryl methyl sites for hydroxylation is 1. The van der Waals surface area contributed by atoms with Crippen molar-refractivity contribution >= 4 is 0 Å². The minimum absolute atomic E-state index is 0.663. The van der Waals surface area contributed by atoms with Crippen molar-refractivity contribution < 1.29 is 0 Å². The van der Waals surface area contributed by atoms with Gasteiger partial charge in [0.2, 0.25) is 0 Å². The molecule has 0 aromatic carbocycles. The lowest BCUT2D eigenvalue weighted by atomic mass is 9.79. The van der Waals surface area contributed by atoms with Gasteiger partial charge in [0.25, 0.3) is 0 Å². The average Bonchev–Trinajstić information content (AvgIpc) is 2.31. The Morgan fingerprint density at radius 3 is 2.82 bits per heavy atom. The Balaban J connectivity index is 1.82. The second kappa shape index (κ2) is 5.58. The van der Waals surface area contributed by atoms with Crippen molar-refractivity contribution in [3.05, 3.63) is 23.8 Å². The van der Waals surface area contributed by atoms with E-state index in [2.05, 4.69) is 29.1 Å². The maximum Gasteiger partial charge on any atom is 0.125 e. The molecule has 0 radical (unpaired) electrons. The molecule has 1 aliphatic carbocycles. The van der Waals surface area contributed by atoms with E-state index in [1.807, 2.05) is 19.2 Å². The van der Waals surface area contributed by atoms with E-state index < -0.39 is 0 Å². The number of hydrogen-bond donors (Lipinski definition) is 1. The van der Waals surface area contributed by atoms with E-state index in [9.17, 15) is 0 Å². The molecule has 1 heterocycles. The molecule has 3 unspecified atom stereocenters. The molecule has 1 aromatic heterocycles. The molecular formula is C14H23N3. The Bertz CT molecular complexity index is 364. The van der Waals surface area contributed by atoms with Crippen LogP contribution in [0.3, 0.4) is 0 Å². The first-order valence-electron chi connectivity index (χ1n) is 6.67. The third-order valence-electron chi connectivity index (χ3n) is 4.00. The molecule has 2 rings (SSSR count). The maximum atomic E-state index is 4.42. The Hall–Kier alpha value is -0.960. The molecule has 0 saturated heterocycles. The summed E-state index contributed by atoms with van der Waals surface area (Å²) in [6.45, 7) is 7.55. The van der Waals surface area contributed by atoms with Crippen LogP contribution in [0.1, 0.15) is 44.6 Å². The van der Waals surface area contributed by atoms with Crippen LogP contribution in [0.2, 0.25) is 0 Å². The van der Waals surface area contributed by atoms with E-state index in [0.717, 1.165) is 29.9 Å². The standard InChI is InChI=1S/C14H23N3/c1-10-4-5-13(8-11(10)2)16-9-14-6-7-15-12(3)17-14/h6-7,10-11,13,16H,4-5,8-9H2,1-3H3. The van der Waals surface area contributed by atoms with Gasteiger partial charge in [0.15, 0.2) is 0 Å². The molecule has 1 fully saturated rings. The Labute approximate surface area is 104 Å². The van der Waals surface area contributed by atoms with Crippen molar-refractivity contribution in [1.82, 2.24) is 15.3 Å². The summed E-state index contributed by atoms with van der Waals surface area (Å²) in [5.74, 6) is 2.58. The highest BCUT2D eigenvalue weighted by molar-refractivity contribution is 5.01. The second-order valence-corrected chi connectivity index (χ2v) is 5.44. The van der Waals surface area contributed by atoms with E-state index in [4.69, 9.17) is 0 Å². The number of aromatic nitrogens is 2. The number of nitrogens with zero attached hydrogens (tertiary/aromatic N) is 2. The van der Waals surface area contributed by atoms with E-state index in [0.29, 0.717) is 6.04 Å². The highest BCUT2D eigenvalue weighted by Crippen LogP contribution is 2.29. The first-order chi connectivity index (χ1) is 8.15. The van der Waals surface area contributed by atoms with Gasteiger partial charge >= 0.3 is 0 Å². The van der Waals surface area contributed by atoms with E-state index in [-0.39, 0.29) is 0 Å². The second-order valence-electron chi connectivity index (χ2n) is 5.44. The molecule has 1 saturated carbocycles. The SMILES string of the molecule is Cc1nccc(CNC2CCC(C)C(C)C2)n1. The normalized spacial score (nSPS) is 29.2. The summed E-state index contributed by atoms with van der Waals surface area (Å²) in [6, 6.07) is 2.66. The summed E-state index contributed by atoms with van der Waals surface area (Å²) in [6.07, 6.45) is 5.79. The number of hydrogen-bond acceptors (Lipinski definition) is 3. The quantitative estimate of drug-likeness (QED) is 0.872. The van der Waals surface area contributed by atoms with Crippen molar-refractivity contribution in [2.24, 2.45) is 11.8 Å². The van der Waals surface area contributed by atoms with Crippen molar-refractivity contribution in [2.75, 3.05) is 0 Å². The third-order valence-corrected chi connectivity index (χ3v) is 4.00. The zero-order valence-electron chi connectivity index (χ0n) is 11.1. The van der Waals surface area contributed by atoms with Crippen LogP contribution in [0.4, 0.5) is 0 Å². The van der Waals surface area contributed by atoms with Gasteiger partial charge in [-0.2, -0.15) is 0 Å². The van der Waals surface area contributed by atoms with Gasteiger partial charge in [-0.25, -0.2) is 9.97 Å². The van der Waals surface area contributed by atoms with Gasteiger partial charge in [-0.15, -0.1) is 0 Å². The molecule has 17 heavy (non-hydrogen) atoms. The highest BCUT2D eigenvalue weighted by Gasteiger charge is 2.23. The summed E-state index contributed by atoms with van der Waals surface area (Å²) in [4.78, 5) is 8.54. The molecule has 0 spiro atoms. The Kier molecular flexibility index (Phi) is 4.11. The fraction of sp³-hybridized carbons (Fsp3) is 0.714. The molecule has 0 bridgehead atoms. The van der Waals surface area contributed by atoms with Crippen LogP contribution in [0.5, 0.6) is 0 Å². The van der Waals surface area contributed by atoms with Crippen LogP contribution in [-0.4, -0.2) is 16.0 Å². The van der Waals surface area contributed by atoms with Gasteiger partial charge in [0.05, 0.1) is 5.69 Å². The fourth-order valence-electron chi connectivity index (χ4n) is 2.59. The van der Waals surface area contributed by atoms with E-state index in [1.54, 1.807) is 0 Å². The predicted molar refractivity (Wildman–Crippen MR) is 69.6 cm³/mol. The van der Waals surface area contributed by atoms with Gasteiger partial charge in [-0.3, -0.25) is 0 Å². The van der Waals surface area contributed by atoms with Gasteiger partial charge < -0.3 is 5.32 Å². The largest absolute Gasteiger partial charge is 0.308 e. The first kappa shape index (κ1) is 12.5. The van der Waals surface area contributed by atoms with Crippen LogP contribution in [0, 0.1) is 18.8 Å². The molecule has 3 nitrogen and oxygen atoms in total. The van der Waals surface area contributed by atoms with Crippen LogP contribution < -0.4 is 5.32 Å². The van der Waals surface area contributed by atoms with Crippen molar-refractivity contribution in [3.8, 4) is 0 Å². The molecule has 0 aliphatic heterocycles. The zero-order valence-corrected chi connectivity index (χ0v) is 11.1. The lowest BCUT2D eigenvalue weighted by Crippen LogP contribution is -2.36. The van der Waals surface area contributed by atoms with Crippen LogP contribution in [0.25, 0.3) is 0 Å². The van der Waals surface area contributed by atoms with Crippen LogP contribution in [0.15, 0.2) is 12.3 Å². The summed E-state index contributed by atoms with van der Waals surface area (Å²) in [5.41, 5.74) is 1.10. The summed E-state index contributed by atoms with van der Waals surface area (Å²) >= 11 is 0. The van der Waals surface area contributed by atoms with E-state index in [1.165, 1.54) is 19.3 Å². The number of nitrogens with one attached hydrogen (secondary N) is 1. The lowest BCUT2D eigenvalue weighted by molar-refractivity contribution is 0.225. The third kappa shape index (κ3) is 3.50. The van der Waals surface area contributed by atoms with Crippen LogP contribution >= 0.6 is 0 Å². The lowest BCUT2D eigenvalue weighted by Gasteiger charge is -2.32. The summed E-state index contributed by atoms with van der Waals surface area (Å²) in [5, 5.41) is 3.63. The van der Waals surface area contributed by atoms with Gasteiger partial charge in [0.1, 0.15) is 5.82 Å². The van der Waals surface area contributed by atoms with Gasteiger partial charge in [-0.1, -0.05) is 13.8 Å². The summed E-state index contributed by atoms with van der Waals surface area (Å²) in [7, 11) is 0. The van der Waals surface area contributed by atoms with Gasteiger partial charge in [0, 0.05) is 18.8 Å². The van der Waals surface area contributed by atoms with Crippen molar-refractivity contribution in [3.63, 3.8) is 0 Å². The van der Waals surface area contributed by atoms with Crippen LogP contribution in [-0.2, 0) is 6.54 Å². The molecule has 94 valence electrons. The first-order valence-corrected chi connectivity index (χ1v) is 6.67. The molecule has 1 aliphatic rings. The monoisotopic (exact) mass is 233 g/mol. The molecule has 1 N–H and O–H groups in total. The van der Waals surface area contributed by atoms with Crippen molar-refractivity contribution in [2.45, 2.75) is 52.6 Å². The average molecular weight is 233 g/mol. The smallest absolute Gasteiger partial charge is 0.125 e. The minimum Gasteiger partial charge on any atom is -0.308 e. The predicted octanol–water partition coefficient (Wildman–Crippen LogP) is 2.70. The highest BCUT2D eigenvalue weighted by atomic mass is 15.0. The Morgan fingerprint density at radius 1 is 1.29 bits per heavy atom. The van der Waals surface area contributed by atoms with Crippen molar-refractivity contribution in [1.29, 1.82) is 0 Å². The topological polar surface area (TPSA) is 37.8 Å². The summed E-state index contributed by atoms with van der Waals surface area (Å²) < 4.78 is 0. The molecule has 3 heteroatoms. The zero-order chi connectivity index (χ0) is 12.3. The minimum atomic E-state index is 0.663. The fourth-order valence-corrected chi connectivity index (χ4v) is 2.59. The molecule has 0 amide bonds. The molecule has 3 atom stereocenters.